The molecule has 124 valence electrons. The Kier molecular flexibility index (Phi) is 37.0. The van der Waals surface area contributed by atoms with Crippen LogP contribution in [0, 0.1) is 0 Å². The monoisotopic (exact) mass is 321 g/mol. The molecule has 0 spiro atoms. The largest absolute Gasteiger partial charge is 0.692 e. The van der Waals surface area contributed by atoms with Crippen molar-refractivity contribution in [2.24, 2.45) is 0 Å². The number of carbonyl (C=O) groups excluding carboxylic acids is 1. The zero-order chi connectivity index (χ0) is 17.0. The van der Waals surface area contributed by atoms with Gasteiger partial charge in [0.15, 0.2) is 6.29 Å². The topological polar surface area (TPSA) is 165 Å². The fourth-order valence-electron chi connectivity index (χ4n) is 0.403. The van der Waals surface area contributed by atoms with E-state index in [1.807, 2.05) is 6.92 Å². The third-order valence-electron chi connectivity index (χ3n) is 1.16. The summed E-state index contributed by atoms with van der Waals surface area (Å²) in [6.07, 6.45) is 0.684. The van der Waals surface area contributed by atoms with Gasteiger partial charge in [-0.25, -0.2) is 0 Å². The maximum atomic E-state index is 9.96. The zero-order valence-electron chi connectivity index (χ0n) is 12.0. The number of aliphatic hydroxyl groups is 4. The molecule has 0 aromatic carbocycles. The molecule has 0 aliphatic heterocycles. The number of methoxy groups -OCH3 is 1. The molecule has 0 unspecified atom stereocenters. The van der Waals surface area contributed by atoms with Gasteiger partial charge in [-0.2, -0.15) is 0 Å². The number of aliphatic hydroxyl groups excluding tert-OH is 3. The van der Waals surface area contributed by atoms with Crippen molar-refractivity contribution in [3.05, 3.63) is 0 Å². The van der Waals surface area contributed by atoms with Crippen LogP contribution < -0.4 is 0 Å². The van der Waals surface area contributed by atoms with Crippen molar-refractivity contribution < 1.29 is 44.3 Å². The van der Waals surface area contributed by atoms with Crippen LogP contribution in [-0.2, 0) is 14.1 Å². The number of esters is 1. The summed E-state index contributed by atoms with van der Waals surface area (Å²) >= 11 is 0. The van der Waals surface area contributed by atoms with E-state index in [4.69, 9.17) is 34.8 Å². The summed E-state index contributed by atoms with van der Waals surface area (Å²) in [4.78, 5) is 24.2. The fraction of sp³-hybridized carbons (Fsp3) is 0.900. The lowest BCUT2D eigenvalue weighted by Crippen LogP contribution is -2.01. The summed E-state index contributed by atoms with van der Waals surface area (Å²) in [5, 5.41) is 31.5. The number of ether oxygens (including phenoxy) is 1. The molecule has 9 nitrogen and oxygen atoms in total. The normalized spacial score (nSPS) is 8.10. The summed E-state index contributed by atoms with van der Waals surface area (Å²) in [5.74, 6) is -0.157. The molecule has 0 saturated carbocycles. The van der Waals surface area contributed by atoms with Gasteiger partial charge in [0.1, 0.15) is 0 Å². The lowest BCUT2D eigenvalue weighted by molar-refractivity contribution is -0.140. The first kappa shape index (κ1) is 27.6. The molecular weight excluding hydrogens is 295 g/mol. The Morgan fingerprint density at radius 3 is 1.50 bits per heavy atom. The van der Waals surface area contributed by atoms with Crippen LogP contribution in [0.4, 0.5) is 0 Å². The van der Waals surface area contributed by atoms with E-state index in [1.165, 1.54) is 7.11 Å². The molecule has 0 amide bonds. The minimum Gasteiger partial charge on any atom is -0.469 e. The Morgan fingerprint density at radius 2 is 1.50 bits per heavy atom. The third kappa shape index (κ3) is 86.0. The van der Waals surface area contributed by atoms with Crippen molar-refractivity contribution in [1.29, 1.82) is 0 Å². The van der Waals surface area contributed by atoms with Crippen molar-refractivity contribution >= 4 is 14.2 Å². The van der Waals surface area contributed by atoms with Crippen LogP contribution in [0.2, 0.25) is 0 Å². The van der Waals surface area contributed by atoms with Gasteiger partial charge < -0.3 is 25.2 Å². The van der Waals surface area contributed by atoms with Gasteiger partial charge in [0.25, 0.3) is 0 Å². The summed E-state index contributed by atoms with van der Waals surface area (Å²) < 4.78 is 13.0. The molecule has 10 heteroatoms. The number of hydrogen-bond acceptors (Lipinski definition) is 7. The van der Waals surface area contributed by atoms with Gasteiger partial charge in [0, 0.05) is 11.0 Å². The van der Waals surface area contributed by atoms with E-state index in [9.17, 15) is 4.79 Å². The van der Waals surface area contributed by atoms with Crippen LogP contribution >= 0.6 is 8.25 Å². The lowest BCUT2D eigenvalue weighted by Gasteiger charge is -1.94. The lowest BCUT2D eigenvalue weighted by atomic mass is 10.3. The second-order valence-corrected chi connectivity index (χ2v) is 3.40. The summed E-state index contributed by atoms with van der Waals surface area (Å²) in [6.45, 7) is 3.41. The van der Waals surface area contributed by atoms with E-state index in [0.717, 1.165) is 6.42 Å². The van der Waals surface area contributed by atoms with Gasteiger partial charge in [0.2, 0.25) is 0 Å². The third-order valence-corrected chi connectivity index (χ3v) is 1.16. The van der Waals surface area contributed by atoms with Gasteiger partial charge in [-0.1, -0.05) is 20.3 Å². The standard InChI is InChI=1S/C4H8O2.C4H10O2.C2H6O2.HO3P/c1-3-4(5)6-2;1-2-3-4(5)6;3-1-2-4;1-4(2)3/h3H2,1-2H3;4-6H,2-3H2,1H3;3-4H,1-2H2;(H-,1,2,3)/p+1. The highest BCUT2D eigenvalue weighted by molar-refractivity contribution is 7.30. The van der Waals surface area contributed by atoms with Crippen LogP contribution in [0.25, 0.3) is 0 Å². The highest BCUT2D eigenvalue weighted by Gasteiger charge is 1.93. The molecular formula is C10H26O9P+. The molecule has 0 aromatic heterocycles. The molecule has 0 bridgehead atoms. The van der Waals surface area contributed by atoms with Gasteiger partial charge >= 0.3 is 14.2 Å². The molecule has 0 saturated heterocycles. The van der Waals surface area contributed by atoms with Crippen LogP contribution in [0.3, 0.4) is 0 Å². The van der Waals surface area contributed by atoms with E-state index in [1.54, 1.807) is 6.92 Å². The first-order valence-corrected chi connectivity index (χ1v) is 6.89. The maximum absolute atomic E-state index is 9.96. The van der Waals surface area contributed by atoms with Gasteiger partial charge in [-0.05, 0) is 6.42 Å². The van der Waals surface area contributed by atoms with Crippen molar-refractivity contribution in [2.75, 3.05) is 20.3 Å². The van der Waals surface area contributed by atoms with Crippen LogP contribution in [0.15, 0.2) is 0 Å². The molecule has 0 heterocycles. The number of hydrogen-bond donors (Lipinski definition) is 6. The Labute approximate surface area is 119 Å². The van der Waals surface area contributed by atoms with Crippen LogP contribution in [0.5, 0.6) is 0 Å². The number of carbonyl (C=O) groups is 1. The summed E-state index contributed by atoms with van der Waals surface area (Å²) in [7, 11) is -1.49. The van der Waals surface area contributed by atoms with Gasteiger partial charge in [-0.3, -0.25) is 4.79 Å². The maximum Gasteiger partial charge on any atom is 0.692 e. The molecule has 0 radical (unpaired) electrons. The molecule has 6 N–H and O–H groups in total. The fourth-order valence-corrected chi connectivity index (χ4v) is 0.403. The molecule has 20 heavy (non-hydrogen) atoms. The van der Waals surface area contributed by atoms with Gasteiger partial charge in [0.05, 0.1) is 20.3 Å². The summed E-state index contributed by atoms with van der Waals surface area (Å²) in [6, 6.07) is 0. The van der Waals surface area contributed by atoms with E-state index >= 15 is 0 Å². The minimum atomic E-state index is -2.87. The zero-order valence-corrected chi connectivity index (χ0v) is 12.9. The van der Waals surface area contributed by atoms with Crippen molar-refractivity contribution in [3.63, 3.8) is 0 Å². The SMILES string of the molecule is CCC(=O)OC.CCCC(O)O.O=[P+](O)O.OCCO. The number of rotatable bonds is 4. The Hall–Kier alpha value is -0.670. The van der Waals surface area contributed by atoms with Crippen LogP contribution in [-0.4, -0.2) is 62.8 Å². The molecule has 0 aliphatic rings. The smallest absolute Gasteiger partial charge is 0.469 e. The first-order chi connectivity index (χ1) is 9.22. The van der Waals surface area contributed by atoms with Crippen molar-refractivity contribution in [1.82, 2.24) is 0 Å². The minimum absolute atomic E-state index is 0.125. The average molecular weight is 321 g/mol. The predicted molar refractivity (Wildman–Crippen MR) is 71.7 cm³/mol. The van der Waals surface area contributed by atoms with Crippen LogP contribution in [0.1, 0.15) is 33.1 Å². The Bertz CT molecular complexity index is 187. The molecule has 0 aromatic rings. The van der Waals surface area contributed by atoms with E-state index in [0.29, 0.717) is 12.8 Å². The highest BCUT2D eigenvalue weighted by Crippen LogP contribution is 1.98. The van der Waals surface area contributed by atoms with Crippen molar-refractivity contribution in [2.45, 2.75) is 39.4 Å². The van der Waals surface area contributed by atoms with E-state index in [2.05, 4.69) is 4.74 Å². The first-order valence-electron chi connectivity index (χ1n) is 5.72. The van der Waals surface area contributed by atoms with Gasteiger partial charge in [-0.15, -0.1) is 9.79 Å². The molecule has 0 aliphatic carbocycles. The van der Waals surface area contributed by atoms with Crippen molar-refractivity contribution in [3.8, 4) is 0 Å². The molecule has 0 fully saturated rings. The quantitative estimate of drug-likeness (QED) is 0.222. The van der Waals surface area contributed by atoms with E-state index < -0.39 is 14.5 Å². The molecule has 0 rings (SSSR count). The Balaban J connectivity index is -0.0000000871. The Morgan fingerprint density at radius 1 is 1.15 bits per heavy atom. The van der Waals surface area contributed by atoms with E-state index in [-0.39, 0.29) is 19.2 Å². The average Bonchev–Trinajstić information content (AvgIpc) is 2.38. The predicted octanol–water partition coefficient (Wildman–Crippen LogP) is -0.734. The second kappa shape index (κ2) is 26.8. The molecule has 0 atom stereocenters. The highest BCUT2D eigenvalue weighted by atomic mass is 31.1. The summed E-state index contributed by atoms with van der Waals surface area (Å²) in [5.41, 5.74) is 0. The second-order valence-electron chi connectivity index (χ2n) is 2.90.